The number of likely N-dealkylation sites (N-methyl/N-ethyl adjacent to an activating group) is 2. The molecule has 0 heterocycles. The van der Waals surface area contributed by atoms with Crippen LogP contribution in [0.25, 0.3) is 11.1 Å². The smallest absolute Gasteiger partial charge is 0.409 e. The highest BCUT2D eigenvalue weighted by atomic mass is 16.6. The predicted molar refractivity (Wildman–Crippen MR) is 190 cm³/mol. The summed E-state index contributed by atoms with van der Waals surface area (Å²) in [6.07, 6.45) is 4.12. The Labute approximate surface area is 293 Å². The molecule has 12 nitrogen and oxygen atoms in total. The minimum atomic E-state index is -0.933. The van der Waals surface area contributed by atoms with Crippen molar-refractivity contribution >= 4 is 29.7 Å². The van der Waals surface area contributed by atoms with Crippen LogP contribution in [0.2, 0.25) is 0 Å². The molecule has 4 N–H and O–H groups in total. The fourth-order valence-corrected chi connectivity index (χ4v) is 5.60. The lowest BCUT2D eigenvalue weighted by Crippen LogP contribution is -2.51. The number of carbonyl (C=O) groups is 4. The SMILES string of the molecule is C#CCOCc1cc(NC(=O)CNC(=O)C(NC(=O)OCC2c3ccccc3-c3ccccc32)C(C)C)ccc1COC(=O)N(C)CCNC. The second-order valence-corrected chi connectivity index (χ2v) is 12.2. The van der Waals surface area contributed by atoms with Gasteiger partial charge in [0.25, 0.3) is 0 Å². The fraction of sp³-hybridized carbons (Fsp3) is 0.368. The largest absolute Gasteiger partial charge is 0.449 e. The zero-order valence-electron chi connectivity index (χ0n) is 28.9. The summed E-state index contributed by atoms with van der Waals surface area (Å²) in [6.45, 7) is 4.66. The molecule has 50 heavy (non-hydrogen) atoms. The van der Waals surface area contributed by atoms with Gasteiger partial charge in [-0.05, 0) is 58.5 Å². The van der Waals surface area contributed by atoms with Gasteiger partial charge in [-0.2, -0.15) is 0 Å². The van der Waals surface area contributed by atoms with Crippen LogP contribution in [0.5, 0.6) is 0 Å². The first-order valence-electron chi connectivity index (χ1n) is 16.5. The minimum absolute atomic E-state index is 0.00494. The van der Waals surface area contributed by atoms with Gasteiger partial charge in [-0.3, -0.25) is 9.59 Å². The van der Waals surface area contributed by atoms with Crippen LogP contribution < -0.4 is 21.3 Å². The van der Waals surface area contributed by atoms with Crippen molar-refractivity contribution in [2.24, 2.45) is 5.92 Å². The summed E-state index contributed by atoms with van der Waals surface area (Å²) in [5, 5.41) is 11.0. The van der Waals surface area contributed by atoms with Crippen LogP contribution in [-0.2, 0) is 37.0 Å². The van der Waals surface area contributed by atoms with Gasteiger partial charge in [0.2, 0.25) is 11.8 Å². The molecular formula is C38H45N5O7. The molecule has 0 saturated carbocycles. The highest BCUT2D eigenvalue weighted by Gasteiger charge is 2.30. The van der Waals surface area contributed by atoms with Crippen LogP contribution in [-0.4, -0.2) is 81.9 Å². The second-order valence-electron chi connectivity index (χ2n) is 12.2. The summed E-state index contributed by atoms with van der Waals surface area (Å²) in [7, 11) is 3.44. The quantitative estimate of drug-likeness (QED) is 0.130. The predicted octanol–water partition coefficient (Wildman–Crippen LogP) is 4.24. The molecule has 3 aromatic carbocycles. The third-order valence-electron chi connectivity index (χ3n) is 8.28. The summed E-state index contributed by atoms with van der Waals surface area (Å²) < 4.78 is 16.6. The van der Waals surface area contributed by atoms with Crippen molar-refractivity contribution in [3.8, 4) is 23.5 Å². The first kappa shape index (κ1) is 37.4. The maximum absolute atomic E-state index is 13.1. The number of ether oxygens (including phenoxy) is 3. The monoisotopic (exact) mass is 683 g/mol. The number of hydrogen-bond acceptors (Lipinski definition) is 8. The zero-order valence-corrected chi connectivity index (χ0v) is 28.9. The summed E-state index contributed by atoms with van der Waals surface area (Å²) in [5.41, 5.74) is 6.19. The van der Waals surface area contributed by atoms with Gasteiger partial charge < -0.3 is 40.4 Å². The van der Waals surface area contributed by atoms with Gasteiger partial charge in [0.15, 0.2) is 0 Å². The molecule has 1 aliphatic rings. The van der Waals surface area contributed by atoms with Crippen LogP contribution in [0.1, 0.15) is 42.0 Å². The van der Waals surface area contributed by atoms with Crippen molar-refractivity contribution in [3.05, 3.63) is 89.0 Å². The van der Waals surface area contributed by atoms with Gasteiger partial charge in [-0.1, -0.05) is 74.4 Å². The Bertz CT molecular complexity index is 1660. The average Bonchev–Trinajstić information content (AvgIpc) is 3.43. The Balaban J connectivity index is 1.30. The number of amides is 4. The summed E-state index contributed by atoms with van der Waals surface area (Å²) in [6, 6.07) is 20.2. The number of carbonyl (C=O) groups excluding carboxylic acids is 4. The van der Waals surface area contributed by atoms with Crippen LogP contribution in [0.4, 0.5) is 15.3 Å². The van der Waals surface area contributed by atoms with Crippen molar-refractivity contribution in [1.29, 1.82) is 0 Å². The molecule has 3 aromatic rings. The maximum Gasteiger partial charge on any atom is 0.409 e. The maximum atomic E-state index is 13.1. The number of hydrogen-bond donors (Lipinski definition) is 4. The van der Waals surface area contributed by atoms with E-state index in [4.69, 9.17) is 20.6 Å². The summed E-state index contributed by atoms with van der Waals surface area (Å²) in [4.78, 5) is 52.6. The van der Waals surface area contributed by atoms with Crippen LogP contribution in [0, 0.1) is 18.3 Å². The summed E-state index contributed by atoms with van der Waals surface area (Å²) >= 11 is 0. The molecule has 4 rings (SSSR count). The first-order chi connectivity index (χ1) is 24.1. The summed E-state index contributed by atoms with van der Waals surface area (Å²) in [5.74, 6) is 0.998. The van der Waals surface area contributed by atoms with E-state index in [1.165, 1.54) is 4.90 Å². The van der Waals surface area contributed by atoms with E-state index in [0.29, 0.717) is 29.9 Å². The number of alkyl carbamates (subject to hydrolysis) is 1. The molecule has 4 amide bonds. The second kappa shape index (κ2) is 18.4. The Hall–Kier alpha value is -5.38. The highest BCUT2D eigenvalue weighted by molar-refractivity contribution is 5.96. The number of rotatable bonds is 16. The number of nitrogens with zero attached hydrogens (tertiary/aromatic N) is 1. The molecule has 264 valence electrons. The first-order valence-corrected chi connectivity index (χ1v) is 16.5. The lowest BCUT2D eigenvalue weighted by atomic mass is 9.98. The lowest BCUT2D eigenvalue weighted by Gasteiger charge is -2.22. The van der Waals surface area contributed by atoms with Crippen molar-refractivity contribution in [2.45, 2.75) is 39.0 Å². The van der Waals surface area contributed by atoms with Gasteiger partial charge in [-0.15, -0.1) is 6.42 Å². The minimum Gasteiger partial charge on any atom is -0.449 e. The van der Waals surface area contributed by atoms with Crippen LogP contribution in [0.3, 0.4) is 0 Å². The average molecular weight is 684 g/mol. The molecule has 12 heteroatoms. The van der Waals surface area contributed by atoms with Gasteiger partial charge in [0.1, 0.15) is 25.9 Å². The Morgan fingerprint density at radius 1 is 0.920 bits per heavy atom. The van der Waals surface area contributed by atoms with E-state index in [0.717, 1.165) is 22.3 Å². The Kier molecular flexibility index (Phi) is 13.8. The van der Waals surface area contributed by atoms with Crippen molar-refractivity contribution in [3.63, 3.8) is 0 Å². The molecule has 1 aliphatic carbocycles. The fourth-order valence-electron chi connectivity index (χ4n) is 5.60. The molecule has 0 bridgehead atoms. The van der Waals surface area contributed by atoms with E-state index in [1.807, 2.05) is 36.4 Å². The van der Waals surface area contributed by atoms with Crippen LogP contribution in [0.15, 0.2) is 66.7 Å². The van der Waals surface area contributed by atoms with E-state index < -0.39 is 30.0 Å². The molecule has 0 spiro atoms. The van der Waals surface area contributed by atoms with Gasteiger partial charge >= 0.3 is 12.2 Å². The molecule has 0 aromatic heterocycles. The molecule has 1 atom stereocenters. The van der Waals surface area contributed by atoms with Gasteiger partial charge in [0.05, 0.1) is 13.2 Å². The number of anilines is 1. The molecule has 0 aliphatic heterocycles. The third kappa shape index (κ3) is 10.1. The topological polar surface area (TPSA) is 147 Å². The highest BCUT2D eigenvalue weighted by Crippen LogP contribution is 2.44. The Morgan fingerprint density at radius 2 is 1.60 bits per heavy atom. The standard InChI is InChI=1S/C38H45N5O7/c1-6-19-48-22-27-20-28(16-15-26(27)23-50-38(47)43(5)18-17-39-4)41-34(44)21-40-36(45)35(25(2)3)42-37(46)49-24-33-31-13-9-7-11-29(31)30-12-8-10-14-32(30)33/h1,7-16,20,25,33,35,39H,17-19,21-24H2,2-5H3,(H,40,45)(H,41,44)(H,42,46). The van der Waals surface area contributed by atoms with Crippen molar-refractivity contribution in [2.75, 3.05) is 52.3 Å². The van der Waals surface area contributed by atoms with E-state index in [9.17, 15) is 19.2 Å². The van der Waals surface area contributed by atoms with E-state index in [-0.39, 0.29) is 44.8 Å². The van der Waals surface area contributed by atoms with E-state index in [2.05, 4.69) is 39.3 Å². The van der Waals surface area contributed by atoms with Gasteiger partial charge in [-0.25, -0.2) is 9.59 Å². The zero-order chi connectivity index (χ0) is 36.0. The molecular weight excluding hydrogens is 638 g/mol. The number of benzene rings is 3. The molecule has 0 fully saturated rings. The third-order valence-corrected chi connectivity index (χ3v) is 8.28. The van der Waals surface area contributed by atoms with Crippen LogP contribution >= 0.6 is 0 Å². The number of fused-ring (bicyclic) bond motifs is 3. The number of terminal acetylenes is 1. The van der Waals surface area contributed by atoms with Crippen molar-refractivity contribution in [1.82, 2.24) is 20.9 Å². The van der Waals surface area contributed by atoms with Gasteiger partial charge in [0, 0.05) is 31.7 Å². The van der Waals surface area contributed by atoms with E-state index in [1.54, 1.807) is 46.1 Å². The normalized spacial score (nSPS) is 12.2. The molecule has 0 radical (unpaired) electrons. The number of nitrogens with one attached hydrogen (secondary N) is 4. The molecule has 1 unspecified atom stereocenters. The van der Waals surface area contributed by atoms with Crippen molar-refractivity contribution < 1.29 is 33.4 Å². The Morgan fingerprint density at radius 3 is 2.24 bits per heavy atom. The lowest BCUT2D eigenvalue weighted by molar-refractivity contribution is -0.126. The van der Waals surface area contributed by atoms with E-state index >= 15 is 0 Å². The molecule has 0 saturated heterocycles.